The molecule has 2 amide bonds. The maximum absolute atomic E-state index is 13.7. The molecule has 3 aromatic heterocycles. The van der Waals surface area contributed by atoms with Crippen LogP contribution in [0.3, 0.4) is 0 Å². The highest BCUT2D eigenvalue weighted by molar-refractivity contribution is 7.12. The Hall–Kier alpha value is -4.63. The Balaban J connectivity index is 1.15. The lowest BCUT2D eigenvalue weighted by Crippen LogP contribution is -2.34. The fraction of sp³-hybridized carbons (Fsp3) is 0.167. The zero-order valence-corrected chi connectivity index (χ0v) is 22.2. The minimum absolute atomic E-state index is 0.0364. The molecule has 9 heteroatoms. The van der Waals surface area contributed by atoms with Gasteiger partial charge in [-0.3, -0.25) is 14.4 Å². The summed E-state index contributed by atoms with van der Waals surface area (Å²) in [6.45, 7) is 4.69. The molecule has 1 fully saturated rings. The first kappa shape index (κ1) is 23.5. The van der Waals surface area contributed by atoms with Gasteiger partial charge in [0.25, 0.3) is 11.8 Å². The van der Waals surface area contributed by atoms with Crippen LogP contribution in [0.15, 0.2) is 65.7 Å². The van der Waals surface area contributed by atoms with Crippen LogP contribution in [0.25, 0.3) is 21.8 Å². The largest absolute Gasteiger partial charge is 0.399 e. The Labute approximate surface area is 227 Å². The number of aromatic nitrogens is 2. The van der Waals surface area contributed by atoms with Gasteiger partial charge in [-0.05, 0) is 85.3 Å². The van der Waals surface area contributed by atoms with Gasteiger partial charge in [0.05, 0.1) is 4.88 Å². The number of aromatic amines is 2. The van der Waals surface area contributed by atoms with E-state index in [-0.39, 0.29) is 23.0 Å². The number of nitrogens with zero attached hydrogens (tertiary/aromatic N) is 1. The van der Waals surface area contributed by atoms with E-state index in [1.54, 1.807) is 35.2 Å². The molecule has 0 saturated carbocycles. The van der Waals surface area contributed by atoms with Gasteiger partial charge in [0.15, 0.2) is 5.78 Å². The molecule has 2 aliphatic rings. The van der Waals surface area contributed by atoms with Crippen LogP contribution in [0, 0.1) is 6.92 Å². The molecule has 5 N–H and O–H groups in total. The number of fused-ring (bicyclic) bond motifs is 5. The van der Waals surface area contributed by atoms with E-state index in [1.165, 1.54) is 11.3 Å². The van der Waals surface area contributed by atoms with Crippen molar-refractivity contribution < 1.29 is 14.4 Å². The second kappa shape index (κ2) is 8.18. The highest BCUT2D eigenvalue weighted by atomic mass is 32.1. The van der Waals surface area contributed by atoms with Crippen molar-refractivity contribution in [1.29, 1.82) is 0 Å². The summed E-state index contributed by atoms with van der Waals surface area (Å²) in [5.41, 5.74) is 12.1. The Morgan fingerprint density at radius 3 is 2.56 bits per heavy atom. The van der Waals surface area contributed by atoms with Crippen LogP contribution in [-0.4, -0.2) is 39.0 Å². The highest BCUT2D eigenvalue weighted by Gasteiger charge is 2.48. The first-order valence-corrected chi connectivity index (χ1v) is 13.6. The quantitative estimate of drug-likeness (QED) is 0.220. The number of thiophene rings is 1. The molecule has 194 valence electrons. The monoisotopic (exact) mass is 535 g/mol. The van der Waals surface area contributed by atoms with Gasteiger partial charge in [0.1, 0.15) is 11.4 Å². The molecular weight excluding hydrogens is 510 g/mol. The van der Waals surface area contributed by atoms with Crippen molar-refractivity contribution in [3.63, 3.8) is 0 Å². The molecule has 0 bridgehead atoms. The van der Waals surface area contributed by atoms with Crippen molar-refractivity contribution >= 4 is 62.1 Å². The molecule has 0 spiro atoms. The van der Waals surface area contributed by atoms with Crippen molar-refractivity contribution in [3.05, 3.63) is 93.1 Å². The minimum atomic E-state index is -0.360. The number of allylic oxidation sites excluding steroid dienone is 2. The van der Waals surface area contributed by atoms with Gasteiger partial charge in [-0.25, -0.2) is 0 Å². The SMILES string of the molecule is Cc1csc2c1[C@@]1(C)CCN(C(=O)c3cc4cc(NC(=O)c5cc6cc(N)ccc6[nH]5)ccc4[nH]3)C1=CC2=O. The fourth-order valence-corrected chi connectivity index (χ4v) is 7.12. The Bertz CT molecular complexity index is 1910. The summed E-state index contributed by atoms with van der Waals surface area (Å²) < 4.78 is 0. The van der Waals surface area contributed by atoms with E-state index in [4.69, 9.17) is 5.73 Å². The van der Waals surface area contributed by atoms with E-state index in [1.807, 2.05) is 36.6 Å². The molecular formula is C30H25N5O3S. The smallest absolute Gasteiger partial charge is 0.274 e. The third-order valence-corrected chi connectivity index (χ3v) is 9.07. The number of nitrogens with one attached hydrogen (secondary N) is 3. The van der Waals surface area contributed by atoms with Crippen LogP contribution in [0.2, 0.25) is 0 Å². The molecule has 1 saturated heterocycles. The van der Waals surface area contributed by atoms with E-state index in [0.717, 1.165) is 49.9 Å². The first-order valence-electron chi connectivity index (χ1n) is 12.7. The normalized spacial score (nSPS) is 18.4. The van der Waals surface area contributed by atoms with Crippen molar-refractivity contribution in [2.45, 2.75) is 25.7 Å². The minimum Gasteiger partial charge on any atom is -0.399 e. The van der Waals surface area contributed by atoms with E-state index in [9.17, 15) is 14.4 Å². The maximum atomic E-state index is 13.7. The average molecular weight is 536 g/mol. The number of H-pyrrole nitrogens is 2. The number of likely N-dealkylation sites (tertiary alicyclic amines) is 1. The maximum Gasteiger partial charge on any atom is 0.274 e. The van der Waals surface area contributed by atoms with E-state index in [2.05, 4.69) is 22.2 Å². The fourth-order valence-electron chi connectivity index (χ4n) is 6.03. The van der Waals surface area contributed by atoms with Crippen molar-refractivity contribution in [2.24, 2.45) is 0 Å². The topological polar surface area (TPSA) is 124 Å². The zero-order chi connectivity index (χ0) is 27.1. The zero-order valence-electron chi connectivity index (χ0n) is 21.3. The lowest BCUT2D eigenvalue weighted by atomic mass is 9.74. The molecule has 8 nitrogen and oxygen atoms in total. The molecule has 7 rings (SSSR count). The second-order valence-electron chi connectivity index (χ2n) is 10.5. The average Bonchev–Trinajstić information content (AvgIpc) is 3.68. The molecule has 4 heterocycles. The van der Waals surface area contributed by atoms with E-state index < -0.39 is 0 Å². The molecule has 2 aromatic carbocycles. The summed E-state index contributed by atoms with van der Waals surface area (Å²) >= 11 is 1.48. The molecule has 1 aliphatic carbocycles. The Morgan fingerprint density at radius 1 is 1.03 bits per heavy atom. The third kappa shape index (κ3) is 3.54. The van der Waals surface area contributed by atoms with Gasteiger partial charge < -0.3 is 25.9 Å². The number of anilines is 2. The van der Waals surface area contributed by atoms with Gasteiger partial charge in [0.2, 0.25) is 0 Å². The number of rotatable bonds is 3. The van der Waals surface area contributed by atoms with Crippen molar-refractivity contribution in [1.82, 2.24) is 14.9 Å². The molecule has 0 radical (unpaired) electrons. The van der Waals surface area contributed by atoms with Crippen LogP contribution in [0.5, 0.6) is 0 Å². The van der Waals surface area contributed by atoms with Gasteiger partial charge in [0, 0.05) is 56.9 Å². The van der Waals surface area contributed by atoms with Gasteiger partial charge in [-0.2, -0.15) is 0 Å². The summed E-state index contributed by atoms with van der Waals surface area (Å²) in [7, 11) is 0. The molecule has 39 heavy (non-hydrogen) atoms. The number of hydrogen-bond donors (Lipinski definition) is 4. The summed E-state index contributed by atoms with van der Waals surface area (Å²) in [4.78, 5) is 48.3. The molecule has 0 unspecified atom stereocenters. The summed E-state index contributed by atoms with van der Waals surface area (Å²) in [6.07, 6.45) is 2.40. The predicted molar refractivity (Wildman–Crippen MR) is 153 cm³/mol. The lowest BCUT2D eigenvalue weighted by Gasteiger charge is -2.32. The van der Waals surface area contributed by atoms with Crippen LogP contribution < -0.4 is 11.1 Å². The summed E-state index contributed by atoms with van der Waals surface area (Å²) in [5.74, 6) is -0.483. The molecule has 1 aliphatic heterocycles. The van der Waals surface area contributed by atoms with Gasteiger partial charge in [-0.1, -0.05) is 0 Å². The van der Waals surface area contributed by atoms with E-state index in [0.29, 0.717) is 29.3 Å². The van der Waals surface area contributed by atoms with Crippen molar-refractivity contribution in [3.8, 4) is 0 Å². The second-order valence-corrected chi connectivity index (χ2v) is 11.4. The number of ketones is 1. The van der Waals surface area contributed by atoms with Gasteiger partial charge >= 0.3 is 0 Å². The predicted octanol–water partition coefficient (Wildman–Crippen LogP) is 5.74. The lowest BCUT2D eigenvalue weighted by molar-refractivity contribution is 0.0816. The number of nitrogens with two attached hydrogens (primary N) is 1. The number of aryl methyl sites for hydroxylation is 1. The molecule has 5 aromatic rings. The number of amides is 2. The van der Waals surface area contributed by atoms with Crippen LogP contribution in [0.4, 0.5) is 11.4 Å². The number of carbonyl (C=O) groups excluding carboxylic acids is 3. The van der Waals surface area contributed by atoms with Crippen LogP contribution in [0.1, 0.15) is 55.1 Å². The van der Waals surface area contributed by atoms with Crippen LogP contribution >= 0.6 is 11.3 Å². The molecule has 1 atom stereocenters. The summed E-state index contributed by atoms with van der Waals surface area (Å²) in [5, 5.41) is 6.61. The number of hydrogen-bond acceptors (Lipinski definition) is 5. The number of nitrogen functional groups attached to an aromatic ring is 1. The van der Waals surface area contributed by atoms with Gasteiger partial charge in [-0.15, -0.1) is 11.3 Å². The summed E-state index contributed by atoms with van der Waals surface area (Å²) in [6, 6.07) is 14.5. The number of carbonyl (C=O) groups is 3. The van der Waals surface area contributed by atoms with Crippen LogP contribution in [-0.2, 0) is 5.41 Å². The van der Waals surface area contributed by atoms with E-state index >= 15 is 0 Å². The third-order valence-electron chi connectivity index (χ3n) is 7.95. The standard InChI is InChI=1S/C30H25N5O3S/c1-15-14-39-27-24(36)13-25-30(2,26(15)27)7-8-35(25)29(38)23-12-17-10-19(4-6-21(17)34-23)32-28(37)22-11-16-9-18(31)3-5-20(16)33-22/h3-6,9-14,33-34H,7-8,31H2,1-2H3,(H,32,37)/t30-/m0/s1. The Morgan fingerprint density at radius 2 is 1.74 bits per heavy atom. The highest BCUT2D eigenvalue weighted by Crippen LogP contribution is 2.50. The number of benzene rings is 2. The van der Waals surface area contributed by atoms with Crippen molar-refractivity contribution in [2.75, 3.05) is 17.6 Å². The Kier molecular flexibility index (Phi) is 4.93. The first-order chi connectivity index (χ1) is 18.7.